The fourth-order valence-corrected chi connectivity index (χ4v) is 2.39. The molecule has 3 heteroatoms. The van der Waals surface area contributed by atoms with Gasteiger partial charge >= 0.3 is 0 Å². The van der Waals surface area contributed by atoms with Crippen LogP contribution in [0, 0.1) is 0 Å². The van der Waals surface area contributed by atoms with E-state index >= 15 is 0 Å². The number of halogens is 1. The summed E-state index contributed by atoms with van der Waals surface area (Å²) >= 11 is 5.97. The van der Waals surface area contributed by atoms with Crippen molar-refractivity contribution < 1.29 is 0 Å². The number of benzene rings is 2. The van der Waals surface area contributed by atoms with Gasteiger partial charge in [-0.1, -0.05) is 54.1 Å². The van der Waals surface area contributed by atoms with E-state index in [1.165, 1.54) is 0 Å². The number of hydrogen-bond acceptors (Lipinski definition) is 2. The summed E-state index contributed by atoms with van der Waals surface area (Å²) in [6.45, 7) is 1.64. The van der Waals surface area contributed by atoms with Crippen LogP contribution in [-0.2, 0) is 0 Å². The molecule has 0 aliphatic carbocycles. The summed E-state index contributed by atoms with van der Waals surface area (Å²) in [5.74, 6) is 0. The first-order valence-electron chi connectivity index (χ1n) is 6.75. The Balaban J connectivity index is 2.06. The summed E-state index contributed by atoms with van der Waals surface area (Å²) in [5, 5.41) is 0.737. The Morgan fingerprint density at radius 2 is 1.25 bits per heavy atom. The van der Waals surface area contributed by atoms with Crippen molar-refractivity contribution in [3.8, 4) is 0 Å². The zero-order chi connectivity index (χ0) is 13.8. The van der Waals surface area contributed by atoms with Crippen molar-refractivity contribution in [1.29, 1.82) is 0 Å². The topological polar surface area (TPSA) is 24.7 Å². The van der Waals surface area contributed by atoms with Crippen LogP contribution < -0.4 is 0 Å². The van der Waals surface area contributed by atoms with E-state index in [0.717, 1.165) is 47.1 Å². The Labute approximate surface area is 123 Å². The molecule has 1 aliphatic heterocycles. The highest BCUT2D eigenvalue weighted by atomic mass is 35.5. The molecular weight excluding hydrogens is 268 g/mol. The molecule has 0 saturated heterocycles. The summed E-state index contributed by atoms with van der Waals surface area (Å²) in [4.78, 5) is 9.45. The molecule has 0 fully saturated rings. The monoisotopic (exact) mass is 282 g/mol. The molecule has 0 N–H and O–H groups in total. The summed E-state index contributed by atoms with van der Waals surface area (Å²) in [6.07, 6.45) is 0.993. The largest absolute Gasteiger partial charge is 0.282 e. The maximum absolute atomic E-state index is 5.97. The third-order valence-electron chi connectivity index (χ3n) is 3.25. The van der Waals surface area contributed by atoms with E-state index in [1.54, 1.807) is 0 Å². The molecule has 2 aromatic rings. The normalized spacial score (nSPS) is 15.2. The van der Waals surface area contributed by atoms with Gasteiger partial charge < -0.3 is 0 Å². The number of nitrogens with zero attached hydrogens (tertiary/aromatic N) is 2. The molecule has 0 aromatic heterocycles. The second-order valence-electron chi connectivity index (χ2n) is 4.69. The molecule has 0 unspecified atom stereocenters. The van der Waals surface area contributed by atoms with Gasteiger partial charge in [-0.3, -0.25) is 9.98 Å². The lowest BCUT2D eigenvalue weighted by molar-refractivity contribution is 0.857. The maximum Gasteiger partial charge on any atom is 0.0904 e. The highest BCUT2D eigenvalue weighted by molar-refractivity contribution is 6.53. The second-order valence-corrected chi connectivity index (χ2v) is 5.12. The van der Waals surface area contributed by atoms with E-state index in [-0.39, 0.29) is 0 Å². The van der Waals surface area contributed by atoms with E-state index in [4.69, 9.17) is 21.6 Å². The molecule has 0 bridgehead atoms. The minimum atomic E-state index is 0.737. The lowest BCUT2D eigenvalue weighted by Gasteiger charge is -2.09. The molecule has 2 nitrogen and oxygen atoms in total. The molecule has 0 atom stereocenters. The van der Waals surface area contributed by atoms with Crippen molar-refractivity contribution in [3.63, 3.8) is 0 Å². The van der Waals surface area contributed by atoms with Crippen molar-refractivity contribution in [3.05, 3.63) is 70.7 Å². The van der Waals surface area contributed by atoms with Crippen LogP contribution in [0.2, 0.25) is 5.02 Å². The fourth-order valence-electron chi connectivity index (χ4n) is 2.26. The van der Waals surface area contributed by atoms with Crippen molar-refractivity contribution in [2.45, 2.75) is 6.42 Å². The van der Waals surface area contributed by atoms with Gasteiger partial charge in [0.15, 0.2) is 0 Å². The van der Waals surface area contributed by atoms with Gasteiger partial charge in [0.05, 0.1) is 11.4 Å². The molecule has 1 aliphatic rings. The molecule has 0 spiro atoms. The van der Waals surface area contributed by atoms with Gasteiger partial charge in [-0.25, -0.2) is 0 Å². The van der Waals surface area contributed by atoms with E-state index < -0.39 is 0 Å². The molecule has 3 rings (SSSR count). The molecule has 0 radical (unpaired) electrons. The number of aliphatic imine (C=N–C) groups is 2. The van der Waals surface area contributed by atoms with E-state index in [9.17, 15) is 0 Å². The van der Waals surface area contributed by atoms with Crippen LogP contribution in [0.1, 0.15) is 17.5 Å². The summed E-state index contributed by atoms with van der Waals surface area (Å²) < 4.78 is 0. The zero-order valence-corrected chi connectivity index (χ0v) is 11.8. The van der Waals surface area contributed by atoms with E-state index in [0.29, 0.717) is 0 Å². The highest BCUT2D eigenvalue weighted by Crippen LogP contribution is 2.15. The highest BCUT2D eigenvalue weighted by Gasteiger charge is 2.15. The van der Waals surface area contributed by atoms with Crippen LogP contribution in [0.3, 0.4) is 0 Å². The molecule has 1 heterocycles. The standard InChI is InChI=1S/C17H15ClN2/c18-15-9-7-14(8-10-15)17-16(19-11-4-12-20-17)13-5-2-1-3-6-13/h1-3,5-10H,4,11-12H2. The third kappa shape index (κ3) is 2.81. The van der Waals surface area contributed by atoms with Crippen LogP contribution >= 0.6 is 11.6 Å². The molecule has 20 heavy (non-hydrogen) atoms. The average Bonchev–Trinajstić information content (AvgIpc) is 2.75. The Morgan fingerprint density at radius 3 is 1.85 bits per heavy atom. The minimum Gasteiger partial charge on any atom is -0.282 e. The Hall–Kier alpha value is -1.93. The first-order valence-corrected chi connectivity index (χ1v) is 7.13. The molecular formula is C17H15ClN2. The minimum absolute atomic E-state index is 0.737. The van der Waals surface area contributed by atoms with Crippen LogP contribution in [0.25, 0.3) is 0 Å². The SMILES string of the molecule is Clc1ccc(C2=NCCCN=C2c2ccccc2)cc1. The van der Waals surface area contributed by atoms with Gasteiger partial charge in [-0.2, -0.15) is 0 Å². The Morgan fingerprint density at radius 1 is 0.700 bits per heavy atom. The van der Waals surface area contributed by atoms with Crippen molar-refractivity contribution in [2.75, 3.05) is 13.1 Å². The Bertz CT molecular complexity index is 642. The van der Waals surface area contributed by atoms with Gasteiger partial charge in [0.2, 0.25) is 0 Å². The maximum atomic E-state index is 5.97. The molecule has 0 saturated carbocycles. The van der Waals surface area contributed by atoms with Crippen molar-refractivity contribution >= 4 is 23.0 Å². The number of hydrogen-bond donors (Lipinski definition) is 0. The van der Waals surface area contributed by atoms with Gasteiger partial charge in [0.25, 0.3) is 0 Å². The Kier molecular flexibility index (Phi) is 3.93. The summed E-state index contributed by atoms with van der Waals surface area (Å²) in [7, 11) is 0. The van der Waals surface area contributed by atoms with Gasteiger partial charge in [0, 0.05) is 29.2 Å². The number of rotatable bonds is 2. The molecule has 100 valence electrons. The lowest BCUT2D eigenvalue weighted by atomic mass is 9.99. The van der Waals surface area contributed by atoms with Crippen molar-refractivity contribution in [2.24, 2.45) is 9.98 Å². The molecule has 2 aromatic carbocycles. The van der Waals surface area contributed by atoms with Gasteiger partial charge in [-0.15, -0.1) is 0 Å². The van der Waals surface area contributed by atoms with Crippen LogP contribution in [-0.4, -0.2) is 24.5 Å². The predicted octanol–water partition coefficient (Wildman–Crippen LogP) is 4.02. The van der Waals surface area contributed by atoms with Gasteiger partial charge in [0.1, 0.15) is 0 Å². The average molecular weight is 283 g/mol. The van der Waals surface area contributed by atoms with Crippen LogP contribution in [0.15, 0.2) is 64.6 Å². The zero-order valence-electron chi connectivity index (χ0n) is 11.1. The third-order valence-corrected chi connectivity index (χ3v) is 3.50. The van der Waals surface area contributed by atoms with Gasteiger partial charge in [-0.05, 0) is 18.6 Å². The van der Waals surface area contributed by atoms with Crippen molar-refractivity contribution in [1.82, 2.24) is 0 Å². The lowest BCUT2D eigenvalue weighted by Crippen LogP contribution is -2.17. The fraction of sp³-hybridized carbons (Fsp3) is 0.176. The smallest absolute Gasteiger partial charge is 0.0904 e. The molecule has 0 amide bonds. The first-order chi connectivity index (χ1) is 9.84. The second kappa shape index (κ2) is 6.02. The summed E-state index contributed by atoms with van der Waals surface area (Å²) in [6, 6.07) is 18.0. The van der Waals surface area contributed by atoms with E-state index in [2.05, 4.69) is 12.1 Å². The van der Waals surface area contributed by atoms with E-state index in [1.807, 2.05) is 42.5 Å². The first kappa shape index (κ1) is 13.1. The quantitative estimate of drug-likeness (QED) is 0.795. The summed E-state index contributed by atoms with van der Waals surface area (Å²) in [5.41, 5.74) is 4.12. The van der Waals surface area contributed by atoms with Crippen LogP contribution in [0.5, 0.6) is 0 Å². The van der Waals surface area contributed by atoms with Crippen LogP contribution in [0.4, 0.5) is 0 Å². The predicted molar refractivity (Wildman–Crippen MR) is 85.3 cm³/mol.